The van der Waals surface area contributed by atoms with Crippen molar-refractivity contribution in [2.45, 2.75) is 13.2 Å². The molecule has 0 fully saturated rings. The maximum absolute atomic E-state index is 6.01. The van der Waals surface area contributed by atoms with Crippen molar-refractivity contribution in [3.63, 3.8) is 0 Å². The summed E-state index contributed by atoms with van der Waals surface area (Å²) in [5.74, 6) is 2.54. The Morgan fingerprint density at radius 2 is 0.939 bits per heavy atom. The van der Waals surface area contributed by atoms with Gasteiger partial charge in [-0.2, -0.15) is 0 Å². The van der Waals surface area contributed by atoms with Crippen LogP contribution in [0.15, 0.2) is 97.1 Å². The van der Waals surface area contributed by atoms with Crippen molar-refractivity contribution in [2.75, 3.05) is 0 Å². The number of hydrogen-bond donors (Lipinski definition) is 0. The van der Waals surface area contributed by atoms with Gasteiger partial charge in [-0.25, -0.2) is 0 Å². The van der Waals surface area contributed by atoms with Crippen LogP contribution in [0.5, 0.6) is 23.0 Å². The van der Waals surface area contributed by atoms with Crippen molar-refractivity contribution in [3.05, 3.63) is 118 Å². The minimum absolute atomic E-state index is 0.409. The van der Waals surface area contributed by atoms with Gasteiger partial charge in [0.05, 0.1) is 0 Å². The molecule has 0 saturated heterocycles. The molecule has 0 aromatic heterocycles. The third-order valence-corrected chi connectivity index (χ3v) is 5.04. The molecule has 4 rings (SSSR count). The Bertz CT molecular complexity index is 1110. The van der Waals surface area contributed by atoms with Crippen LogP contribution in [0.25, 0.3) is 0 Å². The summed E-state index contributed by atoms with van der Waals surface area (Å²) >= 11 is 12.0. The molecule has 0 aliphatic heterocycles. The second-order valence-electron chi connectivity index (χ2n) is 7.12. The Hall–Kier alpha value is -3.28. The van der Waals surface area contributed by atoms with Gasteiger partial charge in [0.15, 0.2) is 0 Å². The Kier molecular flexibility index (Phi) is 8.02. The molecular formula is C26H20BCl2O4. The second kappa shape index (κ2) is 11.5. The van der Waals surface area contributed by atoms with Crippen LogP contribution in [0.3, 0.4) is 0 Å². The first-order valence-corrected chi connectivity index (χ1v) is 11.0. The van der Waals surface area contributed by atoms with Crippen molar-refractivity contribution in [2.24, 2.45) is 0 Å². The van der Waals surface area contributed by atoms with Gasteiger partial charge in [0.1, 0.15) is 36.2 Å². The molecule has 0 heterocycles. The van der Waals surface area contributed by atoms with Gasteiger partial charge in [0, 0.05) is 22.2 Å². The maximum Gasteiger partial charge on any atom is 0.658 e. The van der Waals surface area contributed by atoms with Gasteiger partial charge < -0.3 is 18.8 Å². The Labute approximate surface area is 203 Å². The molecule has 0 atom stereocenters. The van der Waals surface area contributed by atoms with E-state index in [-0.39, 0.29) is 0 Å². The molecule has 4 aromatic rings. The van der Waals surface area contributed by atoms with E-state index >= 15 is 0 Å². The van der Waals surface area contributed by atoms with Gasteiger partial charge >= 0.3 is 7.69 Å². The smallest absolute Gasteiger partial charge is 0.526 e. The molecule has 0 aliphatic carbocycles. The van der Waals surface area contributed by atoms with E-state index in [1.807, 2.05) is 84.9 Å². The molecule has 0 bridgehead atoms. The van der Waals surface area contributed by atoms with Gasteiger partial charge in [0.25, 0.3) is 0 Å². The van der Waals surface area contributed by atoms with Crippen LogP contribution < -0.4 is 18.8 Å². The molecule has 0 N–H and O–H groups in total. The highest BCUT2D eigenvalue weighted by Gasteiger charge is 2.06. The van der Waals surface area contributed by atoms with Gasteiger partial charge in [0.2, 0.25) is 0 Å². The number of benzene rings is 4. The summed E-state index contributed by atoms with van der Waals surface area (Å²) in [6.45, 7) is 0.818. The van der Waals surface area contributed by atoms with Gasteiger partial charge in [-0.3, -0.25) is 0 Å². The van der Waals surface area contributed by atoms with Crippen LogP contribution in [-0.4, -0.2) is 7.69 Å². The first-order valence-electron chi connectivity index (χ1n) is 10.2. The SMILES string of the molecule is Clc1cccc(COc2cccc(O[B]Oc3cccc(OCc4cccc(Cl)c4)c3)c2)c1. The molecule has 4 aromatic carbocycles. The average molecular weight is 478 g/mol. The largest absolute Gasteiger partial charge is 0.658 e. The summed E-state index contributed by atoms with van der Waals surface area (Å²) in [5, 5.41) is 1.36. The molecule has 1 radical (unpaired) electrons. The standard InChI is InChI=1S/C26H20BCl2O4/c28-21-7-1-5-19(13-21)17-30-23-9-3-11-25(15-23)32-27-33-26-12-4-10-24(16-26)31-18-20-6-2-8-22(29)14-20/h1-16H,17-18H2. The third kappa shape index (κ3) is 7.38. The first kappa shape index (κ1) is 22.9. The molecule has 0 amide bonds. The number of rotatable bonds is 10. The van der Waals surface area contributed by atoms with Crippen LogP contribution in [-0.2, 0) is 13.2 Å². The van der Waals surface area contributed by atoms with E-state index in [4.69, 9.17) is 42.0 Å². The number of ether oxygens (including phenoxy) is 2. The molecular weight excluding hydrogens is 458 g/mol. The summed E-state index contributed by atoms with van der Waals surface area (Å²) < 4.78 is 22.8. The van der Waals surface area contributed by atoms with E-state index in [2.05, 4.69) is 0 Å². The topological polar surface area (TPSA) is 36.9 Å². The van der Waals surface area contributed by atoms with E-state index < -0.39 is 0 Å². The van der Waals surface area contributed by atoms with E-state index in [9.17, 15) is 0 Å². The lowest BCUT2D eigenvalue weighted by Gasteiger charge is -2.11. The Balaban J connectivity index is 1.26. The highest BCUT2D eigenvalue weighted by atomic mass is 35.5. The van der Waals surface area contributed by atoms with Crippen molar-refractivity contribution in [3.8, 4) is 23.0 Å². The fourth-order valence-electron chi connectivity index (χ4n) is 3.00. The molecule has 33 heavy (non-hydrogen) atoms. The van der Waals surface area contributed by atoms with Crippen LogP contribution >= 0.6 is 23.2 Å². The molecule has 0 aliphatic rings. The van der Waals surface area contributed by atoms with Crippen molar-refractivity contribution >= 4 is 30.9 Å². The van der Waals surface area contributed by atoms with Crippen LogP contribution in [0.4, 0.5) is 0 Å². The van der Waals surface area contributed by atoms with Crippen molar-refractivity contribution < 1.29 is 18.8 Å². The maximum atomic E-state index is 6.01. The molecule has 0 saturated carbocycles. The van der Waals surface area contributed by atoms with E-state index in [1.54, 1.807) is 12.1 Å². The predicted molar refractivity (Wildman–Crippen MR) is 131 cm³/mol. The zero-order valence-corrected chi connectivity index (χ0v) is 19.1. The lowest BCUT2D eigenvalue weighted by molar-refractivity contribution is 0.304. The van der Waals surface area contributed by atoms with E-state index in [1.165, 1.54) is 7.69 Å². The van der Waals surface area contributed by atoms with E-state index in [0.29, 0.717) is 46.3 Å². The fourth-order valence-corrected chi connectivity index (χ4v) is 3.42. The lowest BCUT2D eigenvalue weighted by Crippen LogP contribution is -2.11. The molecule has 7 heteroatoms. The lowest BCUT2D eigenvalue weighted by atomic mass is 10.2. The third-order valence-electron chi connectivity index (χ3n) is 4.57. The predicted octanol–water partition coefficient (Wildman–Crippen LogP) is 7.14. The van der Waals surface area contributed by atoms with Crippen LogP contribution in [0.1, 0.15) is 11.1 Å². The first-order chi connectivity index (χ1) is 16.1. The molecule has 4 nitrogen and oxygen atoms in total. The summed E-state index contributed by atoms with van der Waals surface area (Å²) in [6.07, 6.45) is 0. The summed E-state index contributed by atoms with van der Waals surface area (Å²) in [4.78, 5) is 0. The average Bonchev–Trinajstić information content (AvgIpc) is 2.82. The zero-order chi connectivity index (χ0) is 22.9. The minimum Gasteiger partial charge on any atom is -0.526 e. The molecule has 0 spiro atoms. The summed E-state index contributed by atoms with van der Waals surface area (Å²) in [6, 6.07) is 29.7. The van der Waals surface area contributed by atoms with Gasteiger partial charge in [-0.1, -0.05) is 59.6 Å². The normalized spacial score (nSPS) is 10.4. The zero-order valence-electron chi connectivity index (χ0n) is 17.6. The Morgan fingerprint density at radius 3 is 1.39 bits per heavy atom. The van der Waals surface area contributed by atoms with Crippen LogP contribution in [0, 0.1) is 0 Å². The number of hydrogen-bond acceptors (Lipinski definition) is 4. The minimum atomic E-state index is 0.409. The highest BCUT2D eigenvalue weighted by Crippen LogP contribution is 2.23. The highest BCUT2D eigenvalue weighted by molar-refractivity contribution is 6.30. The monoisotopic (exact) mass is 477 g/mol. The van der Waals surface area contributed by atoms with Gasteiger partial charge in [-0.05, 0) is 59.7 Å². The molecule has 165 valence electrons. The second-order valence-corrected chi connectivity index (χ2v) is 7.99. The fraction of sp³-hybridized carbons (Fsp3) is 0.0769. The van der Waals surface area contributed by atoms with Crippen molar-refractivity contribution in [1.29, 1.82) is 0 Å². The quantitative estimate of drug-likeness (QED) is 0.227. The summed E-state index contributed by atoms with van der Waals surface area (Å²) in [5.41, 5.74) is 1.97. The number of halogens is 2. The molecule has 0 unspecified atom stereocenters. The van der Waals surface area contributed by atoms with Crippen LogP contribution in [0.2, 0.25) is 10.0 Å². The summed E-state index contributed by atoms with van der Waals surface area (Å²) in [7, 11) is 1.27. The van der Waals surface area contributed by atoms with Gasteiger partial charge in [-0.15, -0.1) is 0 Å². The Morgan fingerprint density at radius 1 is 0.515 bits per heavy atom. The van der Waals surface area contributed by atoms with Crippen molar-refractivity contribution in [1.82, 2.24) is 0 Å². The van der Waals surface area contributed by atoms with E-state index in [0.717, 1.165) is 11.1 Å².